The van der Waals surface area contributed by atoms with E-state index < -0.39 is 12.0 Å². The molecule has 0 aliphatic carbocycles. The van der Waals surface area contributed by atoms with Crippen molar-refractivity contribution in [1.82, 2.24) is 9.13 Å². The first kappa shape index (κ1) is 27.9. The topological polar surface area (TPSA) is 74.8 Å². The third kappa shape index (κ3) is 5.03. The van der Waals surface area contributed by atoms with Gasteiger partial charge in [-0.1, -0.05) is 75.8 Å². The summed E-state index contributed by atoms with van der Waals surface area (Å²) in [5.74, 6) is 0.0736. The summed E-state index contributed by atoms with van der Waals surface area (Å²) in [6, 6.07) is 23.1. The van der Waals surface area contributed by atoms with E-state index >= 15 is 0 Å². The summed E-state index contributed by atoms with van der Waals surface area (Å²) in [6.07, 6.45) is 4.00. The van der Waals surface area contributed by atoms with Crippen LogP contribution in [0.3, 0.4) is 0 Å². The van der Waals surface area contributed by atoms with Crippen LogP contribution in [0.25, 0.3) is 17.0 Å². The number of ether oxygens (including phenoxy) is 2. The van der Waals surface area contributed by atoms with Crippen molar-refractivity contribution in [3.05, 3.63) is 131 Å². The Balaban J connectivity index is 1.53. The fourth-order valence-electron chi connectivity index (χ4n) is 5.43. The number of aromatic nitrogens is 2. The van der Waals surface area contributed by atoms with Gasteiger partial charge in [0.2, 0.25) is 0 Å². The fourth-order valence-corrected chi connectivity index (χ4v) is 6.73. The predicted molar refractivity (Wildman–Crippen MR) is 169 cm³/mol. The van der Waals surface area contributed by atoms with Crippen molar-refractivity contribution in [3.63, 3.8) is 0 Å². The SMILES string of the molecule is CCOC(=O)C1=C(C)N=c2s/c(=C/c3cn(Cc4ccc(Br)cc4)c4ccccc34)c(=O)n2[C@H]1c1ccccc1OC. The van der Waals surface area contributed by atoms with Crippen LogP contribution in [0.2, 0.25) is 0 Å². The normalized spacial score (nSPS) is 15.0. The van der Waals surface area contributed by atoms with Gasteiger partial charge in [-0.05, 0) is 49.8 Å². The largest absolute Gasteiger partial charge is 0.496 e. The molecule has 0 spiro atoms. The minimum atomic E-state index is -0.739. The number of fused-ring (bicyclic) bond motifs is 2. The van der Waals surface area contributed by atoms with Gasteiger partial charge in [0.05, 0.1) is 29.5 Å². The molecule has 2 aromatic heterocycles. The van der Waals surface area contributed by atoms with Gasteiger partial charge < -0.3 is 14.0 Å². The lowest BCUT2D eigenvalue weighted by Gasteiger charge is -2.25. The summed E-state index contributed by atoms with van der Waals surface area (Å²) >= 11 is 4.82. The van der Waals surface area contributed by atoms with Crippen molar-refractivity contribution in [2.45, 2.75) is 26.4 Å². The molecule has 9 heteroatoms. The Morgan fingerprint density at radius 1 is 1.07 bits per heavy atom. The lowest BCUT2D eigenvalue weighted by molar-refractivity contribution is -0.139. The van der Waals surface area contributed by atoms with Gasteiger partial charge in [-0.15, -0.1) is 0 Å². The molecule has 0 N–H and O–H groups in total. The number of nitrogens with zero attached hydrogens (tertiary/aromatic N) is 3. The molecule has 0 amide bonds. The van der Waals surface area contributed by atoms with Gasteiger partial charge in [0.25, 0.3) is 5.56 Å². The summed E-state index contributed by atoms with van der Waals surface area (Å²) in [4.78, 5) is 32.6. The first-order valence-electron chi connectivity index (χ1n) is 13.5. The fraction of sp³-hybridized carbons (Fsp3) is 0.182. The highest BCUT2D eigenvalue weighted by Gasteiger charge is 2.35. The Labute approximate surface area is 254 Å². The molecule has 5 aromatic rings. The molecule has 42 heavy (non-hydrogen) atoms. The summed E-state index contributed by atoms with van der Waals surface area (Å²) in [6.45, 7) is 4.44. The Morgan fingerprint density at radius 2 is 1.81 bits per heavy atom. The average Bonchev–Trinajstić information content (AvgIpc) is 3.49. The van der Waals surface area contributed by atoms with Crippen LogP contribution in [0, 0.1) is 0 Å². The number of carbonyl (C=O) groups excluding carboxylic acids is 1. The van der Waals surface area contributed by atoms with Crippen molar-refractivity contribution in [2.75, 3.05) is 13.7 Å². The molecule has 7 nitrogen and oxygen atoms in total. The summed E-state index contributed by atoms with van der Waals surface area (Å²) < 4.78 is 16.4. The summed E-state index contributed by atoms with van der Waals surface area (Å²) in [7, 11) is 1.58. The number of halogens is 1. The number of rotatable bonds is 7. The Hall–Kier alpha value is -4.21. The molecule has 1 atom stereocenters. The number of methoxy groups -OCH3 is 1. The number of para-hydroxylation sites is 2. The van der Waals surface area contributed by atoms with Crippen molar-refractivity contribution in [2.24, 2.45) is 4.99 Å². The summed E-state index contributed by atoms with van der Waals surface area (Å²) in [5.41, 5.74) is 4.48. The van der Waals surface area contributed by atoms with Crippen LogP contribution < -0.4 is 19.6 Å². The first-order valence-corrected chi connectivity index (χ1v) is 15.2. The van der Waals surface area contributed by atoms with Gasteiger partial charge in [-0.3, -0.25) is 9.36 Å². The smallest absolute Gasteiger partial charge is 0.338 e. The van der Waals surface area contributed by atoms with Gasteiger partial charge >= 0.3 is 5.97 Å². The number of hydrogen-bond donors (Lipinski definition) is 0. The van der Waals surface area contributed by atoms with Crippen LogP contribution in [-0.2, 0) is 16.1 Å². The molecule has 0 bridgehead atoms. The third-order valence-electron chi connectivity index (χ3n) is 7.32. The Kier molecular flexibility index (Phi) is 7.70. The van der Waals surface area contributed by atoms with E-state index in [0.29, 0.717) is 38.5 Å². The van der Waals surface area contributed by atoms with Crippen molar-refractivity contribution in [1.29, 1.82) is 0 Å². The number of esters is 1. The minimum Gasteiger partial charge on any atom is -0.496 e. The lowest BCUT2D eigenvalue weighted by Crippen LogP contribution is -2.40. The molecule has 0 saturated heterocycles. The second kappa shape index (κ2) is 11.6. The number of thiazole rings is 1. The van der Waals surface area contributed by atoms with Crippen LogP contribution in [0.15, 0.2) is 105 Å². The Bertz CT molecular complexity index is 2040. The number of allylic oxidation sites excluding steroid dienone is 1. The molecular formula is C33H28BrN3O4S. The zero-order chi connectivity index (χ0) is 29.4. The zero-order valence-electron chi connectivity index (χ0n) is 23.3. The van der Waals surface area contributed by atoms with Gasteiger partial charge in [0, 0.05) is 39.2 Å². The molecular weight excluding hydrogens is 614 g/mol. The standard InChI is InChI=1S/C33H28BrN3O4S/c1-4-41-32(39)29-20(2)35-33-37(30(29)25-10-6-8-12-27(25)40-3)31(38)28(42-33)17-22-19-36(26-11-7-5-9-24(22)26)18-21-13-15-23(34)16-14-21/h5-17,19,30H,4,18H2,1-3H3/b28-17+/t30-/m0/s1. The molecule has 3 aromatic carbocycles. The van der Waals surface area contributed by atoms with E-state index in [9.17, 15) is 9.59 Å². The van der Waals surface area contributed by atoms with E-state index in [2.05, 4.69) is 51.0 Å². The number of carbonyl (C=O) groups is 1. The maximum Gasteiger partial charge on any atom is 0.338 e. The van der Waals surface area contributed by atoms with Crippen molar-refractivity contribution >= 4 is 50.2 Å². The van der Waals surface area contributed by atoms with E-state index in [0.717, 1.165) is 20.9 Å². The first-order chi connectivity index (χ1) is 20.4. The second-order valence-corrected chi connectivity index (χ2v) is 11.8. The van der Waals surface area contributed by atoms with E-state index in [1.54, 1.807) is 25.5 Å². The molecule has 3 heterocycles. The highest BCUT2D eigenvalue weighted by Crippen LogP contribution is 2.35. The quantitative estimate of drug-likeness (QED) is 0.218. The molecule has 6 rings (SSSR count). The zero-order valence-corrected chi connectivity index (χ0v) is 25.7. The van der Waals surface area contributed by atoms with E-state index in [1.165, 1.54) is 16.9 Å². The summed E-state index contributed by atoms with van der Waals surface area (Å²) in [5, 5.41) is 1.05. The van der Waals surface area contributed by atoms with Crippen LogP contribution >= 0.6 is 27.3 Å². The number of benzene rings is 3. The molecule has 0 fully saturated rings. The minimum absolute atomic E-state index is 0.211. The molecule has 1 aliphatic rings. The highest BCUT2D eigenvalue weighted by atomic mass is 79.9. The molecule has 212 valence electrons. The monoisotopic (exact) mass is 641 g/mol. The van der Waals surface area contributed by atoms with Gasteiger partial charge in [-0.25, -0.2) is 9.79 Å². The van der Waals surface area contributed by atoms with E-state index in [4.69, 9.17) is 14.5 Å². The van der Waals surface area contributed by atoms with Crippen molar-refractivity contribution < 1.29 is 14.3 Å². The highest BCUT2D eigenvalue weighted by molar-refractivity contribution is 9.10. The van der Waals surface area contributed by atoms with Crippen molar-refractivity contribution in [3.8, 4) is 5.75 Å². The maximum absolute atomic E-state index is 14.2. The molecule has 0 unspecified atom stereocenters. The maximum atomic E-state index is 14.2. The van der Waals surface area contributed by atoms with Gasteiger partial charge in [0.1, 0.15) is 11.8 Å². The van der Waals surface area contributed by atoms with E-state index in [-0.39, 0.29) is 12.2 Å². The number of hydrogen-bond acceptors (Lipinski definition) is 6. The molecule has 1 aliphatic heterocycles. The third-order valence-corrected chi connectivity index (χ3v) is 8.83. The molecule has 0 radical (unpaired) electrons. The molecule has 0 saturated carbocycles. The van der Waals surface area contributed by atoms with Crippen LogP contribution in [0.1, 0.15) is 36.6 Å². The van der Waals surface area contributed by atoms with Gasteiger partial charge in [0.15, 0.2) is 4.80 Å². The van der Waals surface area contributed by atoms with Crippen LogP contribution in [0.5, 0.6) is 5.75 Å². The average molecular weight is 643 g/mol. The van der Waals surface area contributed by atoms with Crippen LogP contribution in [-0.4, -0.2) is 28.8 Å². The van der Waals surface area contributed by atoms with Gasteiger partial charge in [-0.2, -0.15) is 0 Å². The Morgan fingerprint density at radius 3 is 2.57 bits per heavy atom. The lowest BCUT2D eigenvalue weighted by atomic mass is 9.95. The second-order valence-electron chi connectivity index (χ2n) is 9.90. The van der Waals surface area contributed by atoms with Crippen LogP contribution in [0.4, 0.5) is 0 Å². The predicted octanol–water partition coefficient (Wildman–Crippen LogP) is 5.57. The van der Waals surface area contributed by atoms with E-state index in [1.807, 2.05) is 54.6 Å².